The number of aromatic nitrogens is 1. The van der Waals surface area contributed by atoms with Gasteiger partial charge in [0.05, 0.1) is 11.8 Å². The summed E-state index contributed by atoms with van der Waals surface area (Å²) >= 11 is 0. The number of nitrogens with zero attached hydrogens (tertiary/aromatic N) is 3. The molecule has 1 aromatic heterocycles. The van der Waals surface area contributed by atoms with Crippen LogP contribution < -0.4 is 0 Å². The van der Waals surface area contributed by atoms with Gasteiger partial charge in [0.1, 0.15) is 11.6 Å². The van der Waals surface area contributed by atoms with Crippen LogP contribution in [0.3, 0.4) is 0 Å². The van der Waals surface area contributed by atoms with E-state index >= 15 is 0 Å². The fraction of sp³-hybridized carbons (Fsp3) is 0.389. The second kappa shape index (κ2) is 7.79. The van der Waals surface area contributed by atoms with E-state index in [0.717, 1.165) is 56.6 Å². The van der Waals surface area contributed by atoms with Gasteiger partial charge < -0.3 is 5.11 Å². The molecule has 6 heteroatoms. The molecule has 1 unspecified atom stereocenters. The highest BCUT2D eigenvalue weighted by Gasteiger charge is 2.22. The first kappa shape index (κ1) is 17.0. The second-order valence-corrected chi connectivity index (χ2v) is 6.08. The Labute approximate surface area is 140 Å². The van der Waals surface area contributed by atoms with Gasteiger partial charge in [-0.15, -0.1) is 0 Å². The molecule has 1 aliphatic rings. The van der Waals surface area contributed by atoms with Gasteiger partial charge >= 0.3 is 0 Å². The smallest absolute Gasteiger partial charge is 0.129 e. The number of aliphatic hydroxyl groups excluding tert-OH is 1. The van der Waals surface area contributed by atoms with Crippen LogP contribution in [0.15, 0.2) is 42.6 Å². The van der Waals surface area contributed by atoms with Crippen molar-refractivity contribution in [1.29, 1.82) is 0 Å². The highest BCUT2D eigenvalue weighted by atomic mass is 19.1. The molecule has 1 aliphatic heterocycles. The van der Waals surface area contributed by atoms with Gasteiger partial charge in [-0.1, -0.05) is 6.07 Å². The summed E-state index contributed by atoms with van der Waals surface area (Å²) in [6, 6.07) is 9.05. The molecular formula is C18H21F2N3O. The third kappa shape index (κ3) is 4.35. The van der Waals surface area contributed by atoms with E-state index in [9.17, 15) is 13.9 Å². The molecule has 1 N–H and O–H groups in total. The summed E-state index contributed by atoms with van der Waals surface area (Å²) in [7, 11) is 0. The van der Waals surface area contributed by atoms with E-state index in [0.29, 0.717) is 6.54 Å². The molecular weight excluding hydrogens is 312 g/mol. The number of rotatable bonds is 5. The molecule has 3 rings (SSSR count). The Balaban J connectivity index is 1.51. The molecule has 0 aliphatic carbocycles. The van der Waals surface area contributed by atoms with Crippen molar-refractivity contribution in [2.24, 2.45) is 0 Å². The van der Waals surface area contributed by atoms with Crippen LogP contribution in [0.2, 0.25) is 0 Å². The lowest BCUT2D eigenvalue weighted by Crippen LogP contribution is -2.47. The predicted molar refractivity (Wildman–Crippen MR) is 87.3 cm³/mol. The second-order valence-electron chi connectivity index (χ2n) is 6.08. The zero-order valence-electron chi connectivity index (χ0n) is 13.4. The summed E-state index contributed by atoms with van der Waals surface area (Å²) in [5.41, 5.74) is 1.05. The lowest BCUT2D eigenvalue weighted by atomic mass is 10.1. The first-order valence-corrected chi connectivity index (χ1v) is 8.09. The summed E-state index contributed by atoms with van der Waals surface area (Å²) in [5.74, 6) is -1.11. The maximum Gasteiger partial charge on any atom is 0.129 e. The molecule has 1 saturated heterocycles. The normalized spacial score (nSPS) is 17.8. The van der Waals surface area contributed by atoms with Crippen molar-refractivity contribution in [2.45, 2.75) is 12.6 Å². The van der Waals surface area contributed by atoms with Crippen molar-refractivity contribution in [3.05, 3.63) is 65.5 Å². The topological polar surface area (TPSA) is 39.6 Å². The van der Waals surface area contributed by atoms with Gasteiger partial charge in [0, 0.05) is 51.0 Å². The van der Waals surface area contributed by atoms with Crippen molar-refractivity contribution >= 4 is 0 Å². The van der Waals surface area contributed by atoms with Crippen molar-refractivity contribution in [3.8, 4) is 0 Å². The monoisotopic (exact) mass is 333 g/mol. The van der Waals surface area contributed by atoms with E-state index in [-0.39, 0.29) is 5.56 Å². The minimum absolute atomic E-state index is 0.0194. The first-order valence-electron chi connectivity index (χ1n) is 8.09. The summed E-state index contributed by atoms with van der Waals surface area (Å²) in [6.07, 6.45) is 0.762. The molecule has 2 aromatic rings. The third-order valence-electron chi connectivity index (χ3n) is 4.32. The first-order chi connectivity index (χ1) is 11.6. The van der Waals surface area contributed by atoms with Crippen LogP contribution in [0.5, 0.6) is 0 Å². The van der Waals surface area contributed by atoms with Crippen LogP contribution >= 0.6 is 0 Å². The van der Waals surface area contributed by atoms with Crippen LogP contribution in [0.1, 0.15) is 17.4 Å². The van der Waals surface area contributed by atoms with Crippen LogP contribution in [-0.4, -0.2) is 52.6 Å². The van der Waals surface area contributed by atoms with Crippen LogP contribution in [-0.2, 0) is 6.54 Å². The average molecular weight is 333 g/mol. The predicted octanol–water partition coefficient (Wildman–Crippen LogP) is 2.21. The third-order valence-corrected chi connectivity index (χ3v) is 4.32. The SMILES string of the molecule is OC(CN1CCN(Cc2ccccn2)CC1)c1cc(F)ccc1F. The highest BCUT2D eigenvalue weighted by Crippen LogP contribution is 2.20. The minimum Gasteiger partial charge on any atom is -0.387 e. The molecule has 2 heterocycles. The van der Waals surface area contributed by atoms with Crippen molar-refractivity contribution < 1.29 is 13.9 Å². The zero-order valence-corrected chi connectivity index (χ0v) is 13.4. The highest BCUT2D eigenvalue weighted by molar-refractivity contribution is 5.21. The molecule has 0 bridgehead atoms. The number of hydrogen-bond acceptors (Lipinski definition) is 4. The number of β-amino-alcohol motifs (C(OH)–C–C–N with tert-alkyl or cyclic N) is 1. The Morgan fingerprint density at radius 1 is 1.04 bits per heavy atom. The lowest BCUT2D eigenvalue weighted by molar-refractivity contribution is 0.0679. The number of benzene rings is 1. The number of piperazine rings is 1. The summed E-state index contributed by atoms with van der Waals surface area (Å²) in [4.78, 5) is 8.70. The van der Waals surface area contributed by atoms with E-state index in [1.54, 1.807) is 6.20 Å². The van der Waals surface area contributed by atoms with E-state index < -0.39 is 17.7 Å². The van der Waals surface area contributed by atoms with E-state index in [4.69, 9.17) is 0 Å². The maximum atomic E-state index is 13.7. The van der Waals surface area contributed by atoms with Crippen molar-refractivity contribution in [3.63, 3.8) is 0 Å². The molecule has 0 amide bonds. The Morgan fingerprint density at radius 2 is 1.79 bits per heavy atom. The Hall–Kier alpha value is -1.89. The summed E-state index contributed by atoms with van der Waals surface area (Å²) in [5, 5.41) is 10.2. The Kier molecular flexibility index (Phi) is 5.50. The molecule has 0 spiro atoms. The zero-order chi connectivity index (χ0) is 16.9. The molecule has 0 radical (unpaired) electrons. The van der Waals surface area contributed by atoms with Crippen LogP contribution in [0.4, 0.5) is 8.78 Å². The number of halogens is 2. The fourth-order valence-corrected chi connectivity index (χ4v) is 2.96. The van der Waals surface area contributed by atoms with Gasteiger partial charge in [-0.25, -0.2) is 8.78 Å². The number of hydrogen-bond donors (Lipinski definition) is 1. The van der Waals surface area contributed by atoms with Gasteiger partial charge in [-0.2, -0.15) is 0 Å². The van der Waals surface area contributed by atoms with Crippen molar-refractivity contribution in [2.75, 3.05) is 32.7 Å². The molecule has 1 atom stereocenters. The van der Waals surface area contributed by atoms with Gasteiger partial charge in [0.25, 0.3) is 0 Å². The quantitative estimate of drug-likeness (QED) is 0.911. The molecule has 1 aromatic carbocycles. The molecule has 128 valence electrons. The number of pyridine rings is 1. The van der Waals surface area contributed by atoms with E-state index in [1.807, 2.05) is 18.2 Å². The molecule has 1 fully saturated rings. The molecule has 4 nitrogen and oxygen atoms in total. The van der Waals surface area contributed by atoms with Crippen molar-refractivity contribution in [1.82, 2.24) is 14.8 Å². The van der Waals surface area contributed by atoms with Gasteiger partial charge in [0.2, 0.25) is 0 Å². The molecule has 24 heavy (non-hydrogen) atoms. The van der Waals surface area contributed by atoms with Crippen LogP contribution in [0.25, 0.3) is 0 Å². The minimum atomic E-state index is -1.02. The van der Waals surface area contributed by atoms with Crippen LogP contribution in [0, 0.1) is 11.6 Å². The van der Waals surface area contributed by atoms with E-state index in [1.165, 1.54) is 0 Å². The van der Waals surface area contributed by atoms with Gasteiger partial charge in [-0.05, 0) is 30.3 Å². The average Bonchev–Trinajstić information content (AvgIpc) is 2.59. The standard InChI is InChI=1S/C18H21F2N3O/c19-14-4-5-17(20)16(11-14)18(24)13-23-9-7-22(8-10-23)12-15-3-1-2-6-21-15/h1-6,11,18,24H,7-10,12-13H2. The maximum absolute atomic E-state index is 13.7. The molecule has 0 saturated carbocycles. The Morgan fingerprint density at radius 3 is 2.50 bits per heavy atom. The Bertz CT molecular complexity index is 661. The van der Waals surface area contributed by atoms with E-state index in [2.05, 4.69) is 14.8 Å². The van der Waals surface area contributed by atoms with Gasteiger partial charge in [-0.3, -0.25) is 14.8 Å². The largest absolute Gasteiger partial charge is 0.387 e. The summed E-state index contributed by atoms with van der Waals surface area (Å²) < 4.78 is 27.0. The number of aliphatic hydroxyl groups is 1. The summed E-state index contributed by atoms with van der Waals surface area (Å²) in [6.45, 7) is 4.37. The fourth-order valence-electron chi connectivity index (χ4n) is 2.96. The van der Waals surface area contributed by atoms with Gasteiger partial charge in [0.15, 0.2) is 0 Å². The lowest BCUT2D eigenvalue weighted by Gasteiger charge is -2.35.